The maximum atomic E-state index is 12.0. The van der Waals surface area contributed by atoms with Crippen molar-refractivity contribution in [3.8, 4) is 0 Å². The molecule has 106 valence electrons. The second-order valence-corrected chi connectivity index (χ2v) is 5.99. The third-order valence-corrected chi connectivity index (χ3v) is 4.34. The van der Waals surface area contributed by atoms with Crippen molar-refractivity contribution < 1.29 is 23.1 Å². The molecule has 0 radical (unpaired) electrons. The van der Waals surface area contributed by atoms with Gasteiger partial charge in [0, 0.05) is 13.7 Å². The van der Waals surface area contributed by atoms with E-state index in [2.05, 4.69) is 4.72 Å². The molecule has 0 aliphatic carbocycles. The summed E-state index contributed by atoms with van der Waals surface area (Å²) in [7, 11) is -2.42. The molecule has 0 spiro atoms. The molecule has 0 aliphatic heterocycles. The van der Waals surface area contributed by atoms with Crippen LogP contribution in [-0.2, 0) is 14.8 Å². The fourth-order valence-corrected chi connectivity index (χ4v) is 2.87. The Morgan fingerprint density at radius 3 is 2.68 bits per heavy atom. The molecule has 0 saturated carbocycles. The van der Waals surface area contributed by atoms with Crippen molar-refractivity contribution >= 4 is 27.6 Å². The minimum atomic E-state index is -3.88. The molecule has 0 fully saturated rings. The third-order valence-electron chi connectivity index (χ3n) is 2.43. The van der Waals surface area contributed by atoms with Gasteiger partial charge in [-0.1, -0.05) is 11.6 Å². The first kappa shape index (κ1) is 15.9. The average Bonchev–Trinajstić information content (AvgIpc) is 2.36. The van der Waals surface area contributed by atoms with Crippen molar-refractivity contribution in [1.29, 1.82) is 0 Å². The summed E-state index contributed by atoms with van der Waals surface area (Å²) < 4.78 is 31.2. The number of nitrogens with one attached hydrogen (secondary N) is 1. The third kappa shape index (κ3) is 4.17. The molecule has 19 heavy (non-hydrogen) atoms. The van der Waals surface area contributed by atoms with E-state index >= 15 is 0 Å². The Balaban J connectivity index is 3.06. The van der Waals surface area contributed by atoms with Gasteiger partial charge in [0.2, 0.25) is 10.0 Å². The van der Waals surface area contributed by atoms with Crippen LogP contribution in [0, 0.1) is 0 Å². The normalized spacial score (nSPS) is 13.2. The summed E-state index contributed by atoms with van der Waals surface area (Å²) in [5.74, 6) is -1.22. The minimum absolute atomic E-state index is 0.0393. The molecular weight excluding hydrogens is 294 g/mol. The van der Waals surface area contributed by atoms with E-state index in [4.69, 9.17) is 21.4 Å². The monoisotopic (exact) mass is 307 g/mol. The zero-order chi connectivity index (χ0) is 14.6. The highest BCUT2D eigenvalue weighted by atomic mass is 35.5. The van der Waals surface area contributed by atoms with Gasteiger partial charge < -0.3 is 9.84 Å². The summed E-state index contributed by atoms with van der Waals surface area (Å²) in [5, 5.41) is 8.80. The Hall–Kier alpha value is -1.15. The highest BCUT2D eigenvalue weighted by Gasteiger charge is 2.20. The number of halogens is 1. The number of hydrogen-bond donors (Lipinski definition) is 2. The Bertz CT molecular complexity index is 572. The van der Waals surface area contributed by atoms with Crippen LogP contribution in [0.25, 0.3) is 0 Å². The maximum absolute atomic E-state index is 12.0. The van der Waals surface area contributed by atoms with Gasteiger partial charge in [-0.15, -0.1) is 0 Å². The number of hydrogen-bond acceptors (Lipinski definition) is 4. The van der Waals surface area contributed by atoms with Crippen LogP contribution in [0.2, 0.25) is 5.02 Å². The van der Waals surface area contributed by atoms with E-state index in [9.17, 15) is 13.2 Å². The van der Waals surface area contributed by atoms with Crippen LogP contribution in [-0.4, -0.2) is 39.3 Å². The zero-order valence-electron chi connectivity index (χ0n) is 10.4. The number of ether oxygens (including phenoxy) is 1. The topological polar surface area (TPSA) is 92.7 Å². The summed E-state index contributed by atoms with van der Waals surface area (Å²) in [6.07, 6.45) is -0.309. The standard InChI is InChI=1S/C11H14ClNO5S/c1-7(18-2)6-13-19(16,17)10-5-8(11(14)15)3-4-9(10)12/h3-5,7,13H,6H2,1-2H3,(H,14,15). The lowest BCUT2D eigenvalue weighted by atomic mass is 10.2. The molecule has 1 atom stereocenters. The number of carbonyl (C=O) groups is 1. The molecule has 0 bridgehead atoms. The summed E-state index contributed by atoms with van der Waals surface area (Å²) in [4.78, 5) is 10.6. The predicted octanol–water partition coefficient (Wildman–Crippen LogP) is 1.35. The van der Waals surface area contributed by atoms with Crippen molar-refractivity contribution in [3.63, 3.8) is 0 Å². The van der Waals surface area contributed by atoms with Crippen molar-refractivity contribution in [2.45, 2.75) is 17.9 Å². The lowest BCUT2D eigenvalue weighted by Crippen LogP contribution is -2.31. The Morgan fingerprint density at radius 1 is 1.53 bits per heavy atom. The van der Waals surface area contributed by atoms with Crippen LogP contribution in [0.1, 0.15) is 17.3 Å². The summed E-state index contributed by atoms with van der Waals surface area (Å²) in [5.41, 5.74) is -0.149. The molecule has 0 aromatic heterocycles. The smallest absolute Gasteiger partial charge is 0.335 e. The minimum Gasteiger partial charge on any atom is -0.478 e. The van der Waals surface area contributed by atoms with Gasteiger partial charge in [0.15, 0.2) is 0 Å². The number of rotatable bonds is 6. The van der Waals surface area contributed by atoms with E-state index in [0.717, 1.165) is 6.07 Å². The average molecular weight is 308 g/mol. The summed E-state index contributed by atoms with van der Waals surface area (Å²) >= 11 is 5.79. The van der Waals surface area contributed by atoms with Crippen LogP contribution in [0.3, 0.4) is 0 Å². The number of methoxy groups -OCH3 is 1. The number of carboxylic acids is 1. The van der Waals surface area contributed by atoms with Crippen LogP contribution >= 0.6 is 11.6 Å². The van der Waals surface area contributed by atoms with Crippen LogP contribution in [0.15, 0.2) is 23.1 Å². The van der Waals surface area contributed by atoms with Crippen LogP contribution in [0.4, 0.5) is 0 Å². The molecule has 1 rings (SSSR count). The predicted molar refractivity (Wildman–Crippen MR) is 70.1 cm³/mol. The van der Waals surface area contributed by atoms with E-state index in [1.54, 1.807) is 6.92 Å². The van der Waals surface area contributed by atoms with Gasteiger partial charge in [-0.2, -0.15) is 0 Å². The van der Waals surface area contributed by atoms with Crippen molar-refractivity contribution in [2.24, 2.45) is 0 Å². The van der Waals surface area contributed by atoms with E-state index in [1.807, 2.05) is 0 Å². The lowest BCUT2D eigenvalue weighted by molar-refractivity contribution is 0.0696. The number of carboxylic acid groups (broad SMARTS) is 1. The molecule has 1 aromatic rings. The van der Waals surface area contributed by atoms with Gasteiger partial charge in [0.25, 0.3) is 0 Å². The Labute approximate surface area is 116 Å². The fourth-order valence-electron chi connectivity index (χ4n) is 1.23. The molecule has 0 heterocycles. The molecule has 0 aliphatic rings. The second kappa shape index (κ2) is 6.33. The molecular formula is C11H14ClNO5S. The lowest BCUT2D eigenvalue weighted by Gasteiger charge is -2.12. The molecule has 2 N–H and O–H groups in total. The Morgan fingerprint density at radius 2 is 2.16 bits per heavy atom. The summed E-state index contributed by atoms with van der Waals surface area (Å²) in [6, 6.07) is 3.49. The second-order valence-electron chi connectivity index (χ2n) is 3.85. The van der Waals surface area contributed by atoms with Gasteiger partial charge in [-0.3, -0.25) is 0 Å². The van der Waals surface area contributed by atoms with Gasteiger partial charge in [0.1, 0.15) is 4.90 Å². The van der Waals surface area contributed by atoms with Crippen molar-refractivity contribution in [1.82, 2.24) is 4.72 Å². The van der Waals surface area contributed by atoms with Crippen molar-refractivity contribution in [3.05, 3.63) is 28.8 Å². The Kier molecular flexibility index (Phi) is 5.30. The SMILES string of the molecule is COC(C)CNS(=O)(=O)c1cc(C(=O)O)ccc1Cl. The molecule has 8 heteroatoms. The maximum Gasteiger partial charge on any atom is 0.335 e. The van der Waals surface area contributed by atoms with E-state index in [-0.39, 0.29) is 28.1 Å². The number of benzene rings is 1. The fraction of sp³-hybridized carbons (Fsp3) is 0.364. The highest BCUT2D eigenvalue weighted by Crippen LogP contribution is 2.22. The van der Waals surface area contributed by atoms with Crippen LogP contribution < -0.4 is 4.72 Å². The zero-order valence-corrected chi connectivity index (χ0v) is 12.0. The summed E-state index contributed by atoms with van der Waals surface area (Å²) in [6.45, 7) is 1.75. The number of aromatic carboxylic acids is 1. The number of sulfonamides is 1. The first-order valence-corrected chi connectivity index (χ1v) is 7.19. The van der Waals surface area contributed by atoms with Gasteiger partial charge >= 0.3 is 5.97 Å². The van der Waals surface area contributed by atoms with Crippen molar-refractivity contribution in [2.75, 3.05) is 13.7 Å². The van der Waals surface area contributed by atoms with E-state index < -0.39 is 16.0 Å². The first-order valence-electron chi connectivity index (χ1n) is 5.33. The quantitative estimate of drug-likeness (QED) is 0.827. The van der Waals surface area contributed by atoms with Crippen LogP contribution in [0.5, 0.6) is 0 Å². The van der Waals surface area contributed by atoms with Gasteiger partial charge in [0.05, 0.1) is 16.7 Å². The molecule has 1 unspecified atom stereocenters. The largest absolute Gasteiger partial charge is 0.478 e. The first-order chi connectivity index (χ1) is 8.77. The van der Waals surface area contributed by atoms with Gasteiger partial charge in [-0.25, -0.2) is 17.9 Å². The molecule has 1 aromatic carbocycles. The van der Waals surface area contributed by atoms with E-state index in [0.29, 0.717) is 0 Å². The highest BCUT2D eigenvalue weighted by molar-refractivity contribution is 7.89. The molecule has 0 saturated heterocycles. The van der Waals surface area contributed by atoms with E-state index in [1.165, 1.54) is 19.2 Å². The molecule has 6 nitrogen and oxygen atoms in total. The van der Waals surface area contributed by atoms with Gasteiger partial charge in [-0.05, 0) is 25.1 Å². The molecule has 0 amide bonds.